The molecule has 2 aliphatic rings. The van der Waals surface area contributed by atoms with Crippen LogP contribution in [0.15, 0.2) is 40.6 Å². The van der Waals surface area contributed by atoms with Crippen LogP contribution in [0.25, 0.3) is 0 Å². The van der Waals surface area contributed by atoms with E-state index in [9.17, 15) is 4.79 Å². The molecular weight excluding hydrogens is 302 g/mol. The van der Waals surface area contributed by atoms with E-state index in [1.165, 1.54) is 31.0 Å². The van der Waals surface area contributed by atoms with Gasteiger partial charge in [-0.3, -0.25) is 9.69 Å². The van der Waals surface area contributed by atoms with E-state index < -0.39 is 5.37 Å². The molecule has 1 amide bonds. The maximum absolute atomic E-state index is 12.5. The molecule has 1 saturated carbocycles. The molecule has 4 nitrogen and oxygen atoms in total. The molecule has 2 fully saturated rings. The van der Waals surface area contributed by atoms with Crippen molar-refractivity contribution < 1.29 is 4.79 Å². The lowest BCUT2D eigenvalue weighted by atomic mass is 9.94. The summed E-state index contributed by atoms with van der Waals surface area (Å²) >= 11 is 6.71. The molecule has 1 aliphatic carbocycles. The van der Waals surface area contributed by atoms with Gasteiger partial charge < -0.3 is 0 Å². The highest BCUT2D eigenvalue weighted by molar-refractivity contribution is 8.24. The predicted molar refractivity (Wildman–Crippen MR) is 88.7 cm³/mol. The number of nitrogens with zero attached hydrogens (tertiary/aromatic N) is 3. The average molecular weight is 319 g/mol. The fourth-order valence-corrected chi connectivity index (χ4v) is 4.13. The summed E-state index contributed by atoms with van der Waals surface area (Å²) in [5, 5.41) is 7.81. The van der Waals surface area contributed by atoms with Gasteiger partial charge in [-0.1, -0.05) is 61.4 Å². The molecule has 0 aromatic heterocycles. The molecule has 1 aromatic rings. The molecule has 110 valence electrons. The summed E-state index contributed by atoms with van der Waals surface area (Å²) in [6.07, 6.45) is 5.72. The van der Waals surface area contributed by atoms with Crippen molar-refractivity contribution in [2.24, 2.45) is 10.2 Å². The van der Waals surface area contributed by atoms with Crippen molar-refractivity contribution in [3.63, 3.8) is 0 Å². The largest absolute Gasteiger partial charge is 0.292 e. The van der Waals surface area contributed by atoms with Crippen LogP contribution in [0, 0.1) is 0 Å². The summed E-state index contributed by atoms with van der Waals surface area (Å²) in [4.78, 5) is 14.3. The quantitative estimate of drug-likeness (QED) is 0.616. The summed E-state index contributed by atoms with van der Waals surface area (Å²) in [6, 6.07) is 9.72. The number of hydrogen-bond acceptors (Lipinski definition) is 5. The topological polar surface area (TPSA) is 45.0 Å². The van der Waals surface area contributed by atoms with Gasteiger partial charge in [-0.25, -0.2) is 0 Å². The Hall–Kier alpha value is -1.27. The summed E-state index contributed by atoms with van der Waals surface area (Å²) in [5.74, 6) is -0.00317. The first-order valence-electron chi connectivity index (χ1n) is 7.25. The van der Waals surface area contributed by atoms with E-state index >= 15 is 0 Å². The Balaban J connectivity index is 1.70. The first-order chi connectivity index (χ1) is 10.3. The van der Waals surface area contributed by atoms with Crippen molar-refractivity contribution in [1.29, 1.82) is 0 Å². The van der Waals surface area contributed by atoms with Gasteiger partial charge in [-0.2, -0.15) is 10.2 Å². The van der Waals surface area contributed by atoms with E-state index in [0.29, 0.717) is 4.32 Å². The Morgan fingerprint density at radius 2 is 1.86 bits per heavy atom. The number of rotatable bonds is 3. The van der Waals surface area contributed by atoms with Crippen molar-refractivity contribution in [2.75, 3.05) is 0 Å². The van der Waals surface area contributed by atoms with Gasteiger partial charge in [0.15, 0.2) is 0 Å². The highest BCUT2D eigenvalue weighted by atomic mass is 32.2. The molecule has 1 saturated heterocycles. The van der Waals surface area contributed by atoms with Gasteiger partial charge in [0.05, 0.1) is 5.69 Å². The van der Waals surface area contributed by atoms with Crippen molar-refractivity contribution in [3.8, 4) is 0 Å². The molecule has 1 heterocycles. The zero-order valence-electron chi connectivity index (χ0n) is 11.6. The Kier molecular flexibility index (Phi) is 4.65. The average Bonchev–Trinajstić information content (AvgIpc) is 2.81. The number of benzene rings is 1. The Morgan fingerprint density at radius 3 is 2.57 bits per heavy atom. The molecule has 1 unspecified atom stereocenters. The highest BCUT2D eigenvalue weighted by Gasteiger charge is 2.41. The number of carbonyl (C=O) groups excluding carboxylic acids is 1. The maximum atomic E-state index is 12.5. The first kappa shape index (κ1) is 14.7. The zero-order valence-corrected chi connectivity index (χ0v) is 13.3. The van der Waals surface area contributed by atoms with Gasteiger partial charge in [-0.05, 0) is 25.0 Å². The van der Waals surface area contributed by atoms with Gasteiger partial charge in [0.2, 0.25) is 5.37 Å². The van der Waals surface area contributed by atoms with E-state index in [1.54, 1.807) is 4.90 Å². The fourth-order valence-electron chi connectivity index (χ4n) is 2.77. The van der Waals surface area contributed by atoms with Gasteiger partial charge >= 0.3 is 0 Å². The monoisotopic (exact) mass is 319 g/mol. The molecule has 21 heavy (non-hydrogen) atoms. The molecule has 0 bridgehead atoms. The van der Waals surface area contributed by atoms with Gasteiger partial charge in [0.25, 0.3) is 5.91 Å². The Labute approximate surface area is 134 Å². The first-order valence-corrected chi connectivity index (χ1v) is 8.54. The SMILES string of the molecule is O=C1C(N=Nc2ccccc2)SC(=S)N1C1CCCCC1. The van der Waals surface area contributed by atoms with Crippen LogP contribution in [0.3, 0.4) is 0 Å². The third-order valence-corrected chi connectivity index (χ3v) is 5.23. The smallest absolute Gasteiger partial charge is 0.265 e. The minimum atomic E-state index is -0.514. The summed E-state index contributed by atoms with van der Waals surface area (Å²) in [5.41, 5.74) is 0.757. The third-order valence-electron chi connectivity index (χ3n) is 3.83. The molecule has 1 aromatic carbocycles. The minimum Gasteiger partial charge on any atom is -0.292 e. The predicted octanol–water partition coefficient (Wildman–Crippen LogP) is 4.29. The van der Waals surface area contributed by atoms with E-state index in [0.717, 1.165) is 18.5 Å². The number of azo groups is 1. The molecular formula is C15H17N3OS2. The maximum Gasteiger partial charge on any atom is 0.265 e. The van der Waals surface area contributed by atoms with Crippen LogP contribution in [-0.2, 0) is 4.79 Å². The standard InChI is InChI=1S/C15H17N3OS2/c19-14-13(17-16-11-7-3-1-4-8-11)21-15(20)18(14)12-9-5-2-6-10-12/h1,3-4,7-8,12-13H,2,5-6,9-10H2. The molecule has 0 N–H and O–H groups in total. The molecule has 1 aliphatic heterocycles. The zero-order chi connectivity index (χ0) is 14.7. The second-order valence-electron chi connectivity index (χ2n) is 5.29. The number of amides is 1. The van der Waals surface area contributed by atoms with Crippen molar-refractivity contribution >= 4 is 39.9 Å². The number of thiocarbonyl (C=S) groups is 1. The van der Waals surface area contributed by atoms with Gasteiger partial charge in [-0.15, -0.1) is 0 Å². The summed E-state index contributed by atoms with van der Waals surface area (Å²) in [6.45, 7) is 0. The molecule has 0 radical (unpaired) electrons. The number of hydrogen-bond donors (Lipinski definition) is 0. The molecule has 3 rings (SSSR count). The van der Waals surface area contributed by atoms with Crippen LogP contribution in [0.4, 0.5) is 5.69 Å². The lowest BCUT2D eigenvalue weighted by molar-refractivity contribution is -0.128. The molecule has 6 heteroatoms. The molecule has 1 atom stereocenters. The Morgan fingerprint density at radius 1 is 1.14 bits per heavy atom. The van der Waals surface area contributed by atoms with Crippen molar-refractivity contribution in [1.82, 2.24) is 4.90 Å². The summed E-state index contributed by atoms with van der Waals surface area (Å²) in [7, 11) is 0. The molecule has 0 spiro atoms. The lowest BCUT2D eigenvalue weighted by Gasteiger charge is -2.30. The van der Waals surface area contributed by atoms with Gasteiger partial charge in [0.1, 0.15) is 4.32 Å². The number of thioether (sulfide) groups is 1. The van der Waals surface area contributed by atoms with Crippen molar-refractivity contribution in [3.05, 3.63) is 30.3 Å². The van der Waals surface area contributed by atoms with Crippen LogP contribution in [-0.4, -0.2) is 26.5 Å². The van der Waals surface area contributed by atoms with E-state index in [-0.39, 0.29) is 11.9 Å². The highest BCUT2D eigenvalue weighted by Crippen LogP contribution is 2.35. The minimum absolute atomic E-state index is 0.00317. The van der Waals surface area contributed by atoms with Crippen LogP contribution in [0.1, 0.15) is 32.1 Å². The second-order valence-corrected chi connectivity index (χ2v) is 7.00. The normalized spacial score (nSPS) is 24.2. The van der Waals surface area contributed by atoms with E-state index in [4.69, 9.17) is 12.2 Å². The Bertz CT molecular complexity index is 555. The van der Waals surface area contributed by atoms with Crippen LogP contribution >= 0.6 is 24.0 Å². The van der Waals surface area contributed by atoms with E-state index in [2.05, 4.69) is 10.2 Å². The lowest BCUT2D eigenvalue weighted by Crippen LogP contribution is -2.41. The van der Waals surface area contributed by atoms with E-state index in [1.807, 2.05) is 30.3 Å². The number of carbonyl (C=O) groups is 1. The van der Waals surface area contributed by atoms with Crippen LogP contribution in [0.5, 0.6) is 0 Å². The van der Waals surface area contributed by atoms with Gasteiger partial charge in [0, 0.05) is 6.04 Å². The second kappa shape index (κ2) is 6.66. The summed E-state index contributed by atoms with van der Waals surface area (Å²) < 4.78 is 0.656. The fraction of sp³-hybridized carbons (Fsp3) is 0.467. The van der Waals surface area contributed by atoms with Crippen molar-refractivity contribution in [2.45, 2.75) is 43.5 Å². The third kappa shape index (κ3) is 3.32. The van der Waals surface area contributed by atoms with Crippen LogP contribution < -0.4 is 0 Å². The van der Waals surface area contributed by atoms with Crippen LogP contribution in [0.2, 0.25) is 0 Å².